The molecule has 3 aromatic rings. The third kappa shape index (κ3) is 4.48. The Hall–Kier alpha value is -3.53. The molecule has 9 nitrogen and oxygen atoms in total. The molecule has 2 aromatic carbocycles. The average Bonchev–Trinajstić information content (AvgIpc) is 3.26. The summed E-state index contributed by atoms with van der Waals surface area (Å²) in [5.41, 5.74) is 1.56. The summed E-state index contributed by atoms with van der Waals surface area (Å²) >= 11 is 1.15. The largest absolute Gasteiger partial charge is 0.497 e. The highest BCUT2D eigenvalue weighted by Crippen LogP contribution is 2.33. The molecule has 1 unspecified atom stereocenters. The molecule has 0 fully saturated rings. The number of methoxy groups -OCH3 is 2. The van der Waals surface area contributed by atoms with Gasteiger partial charge in [0.2, 0.25) is 5.89 Å². The number of rotatable bonds is 7. The van der Waals surface area contributed by atoms with E-state index in [1.807, 2.05) is 0 Å². The molecule has 1 atom stereocenters. The fraction of sp³-hybridized carbons (Fsp3) is 0.238. The van der Waals surface area contributed by atoms with Gasteiger partial charge in [-0.15, -0.1) is 10.2 Å². The molecule has 1 aliphatic heterocycles. The van der Waals surface area contributed by atoms with Gasteiger partial charge in [-0.1, -0.05) is 11.8 Å². The number of nitrogens with one attached hydrogen (secondary N) is 1. The Labute approximate surface area is 182 Å². The fourth-order valence-electron chi connectivity index (χ4n) is 2.98. The summed E-state index contributed by atoms with van der Waals surface area (Å²) in [5.74, 6) is 1.60. The molecule has 10 heteroatoms. The molecule has 0 saturated carbocycles. The van der Waals surface area contributed by atoms with Crippen LogP contribution in [0.25, 0.3) is 11.5 Å². The average molecular weight is 441 g/mol. The van der Waals surface area contributed by atoms with Gasteiger partial charge in [0.25, 0.3) is 11.1 Å². The first kappa shape index (κ1) is 20.7. The van der Waals surface area contributed by atoms with Crippen molar-refractivity contribution in [3.8, 4) is 28.7 Å². The van der Waals surface area contributed by atoms with Crippen LogP contribution in [0.4, 0.5) is 5.69 Å². The van der Waals surface area contributed by atoms with Crippen LogP contribution in [0.15, 0.2) is 46.0 Å². The van der Waals surface area contributed by atoms with Crippen molar-refractivity contribution < 1.29 is 28.2 Å². The van der Waals surface area contributed by atoms with E-state index in [9.17, 15) is 9.59 Å². The van der Waals surface area contributed by atoms with Crippen LogP contribution in [0.3, 0.4) is 0 Å². The molecule has 0 saturated heterocycles. The van der Waals surface area contributed by atoms with Gasteiger partial charge in [0.05, 0.1) is 25.2 Å². The molecular formula is C21H19N3O6S. The van der Waals surface area contributed by atoms with Gasteiger partial charge in [0.1, 0.15) is 17.2 Å². The van der Waals surface area contributed by atoms with Gasteiger partial charge in [-0.3, -0.25) is 9.59 Å². The van der Waals surface area contributed by atoms with E-state index in [1.54, 1.807) is 57.5 Å². The monoisotopic (exact) mass is 441 g/mol. The van der Waals surface area contributed by atoms with Crippen molar-refractivity contribution >= 4 is 29.1 Å². The normalized spacial score (nSPS) is 13.6. The lowest BCUT2D eigenvalue weighted by molar-refractivity contribution is -0.118. The van der Waals surface area contributed by atoms with E-state index >= 15 is 0 Å². The quantitative estimate of drug-likeness (QED) is 0.435. The van der Waals surface area contributed by atoms with E-state index in [0.717, 1.165) is 11.8 Å². The second-order valence-electron chi connectivity index (χ2n) is 6.65. The van der Waals surface area contributed by atoms with E-state index in [4.69, 9.17) is 18.6 Å². The summed E-state index contributed by atoms with van der Waals surface area (Å²) < 4.78 is 21.6. The van der Waals surface area contributed by atoms with Crippen LogP contribution in [0.5, 0.6) is 17.2 Å². The van der Waals surface area contributed by atoms with E-state index in [-0.39, 0.29) is 29.4 Å². The molecule has 0 radical (unpaired) electrons. The number of aromatic nitrogens is 2. The Morgan fingerprint density at radius 3 is 2.58 bits per heavy atom. The van der Waals surface area contributed by atoms with Crippen LogP contribution in [0.1, 0.15) is 17.3 Å². The Bertz CT molecular complexity index is 1120. The number of benzene rings is 2. The molecule has 1 N–H and O–H groups in total. The summed E-state index contributed by atoms with van der Waals surface area (Å²) in [4.78, 5) is 24.4. The summed E-state index contributed by atoms with van der Waals surface area (Å²) in [5, 5.41) is 10.6. The van der Waals surface area contributed by atoms with Crippen LogP contribution in [0, 0.1) is 0 Å². The Kier molecular flexibility index (Phi) is 5.81. The van der Waals surface area contributed by atoms with Crippen molar-refractivity contribution in [2.45, 2.75) is 17.4 Å². The molecule has 160 valence electrons. The molecule has 2 heterocycles. The van der Waals surface area contributed by atoms with Gasteiger partial charge in [0.15, 0.2) is 12.4 Å². The third-order valence-electron chi connectivity index (χ3n) is 4.55. The molecule has 1 aliphatic rings. The van der Waals surface area contributed by atoms with Crippen LogP contribution < -0.4 is 19.5 Å². The second kappa shape index (κ2) is 8.68. The lowest BCUT2D eigenvalue weighted by atomic mass is 10.1. The smallest absolute Gasteiger partial charge is 0.277 e. The SMILES string of the molecule is COc1cc(OC)cc(-c2nnc(SC(C)C(=O)c3ccc4c(c3)NC(=O)CO4)o2)c1. The van der Waals surface area contributed by atoms with Gasteiger partial charge in [0, 0.05) is 17.2 Å². The number of anilines is 1. The number of hydrogen-bond acceptors (Lipinski definition) is 9. The number of ether oxygens (including phenoxy) is 3. The van der Waals surface area contributed by atoms with E-state index in [2.05, 4.69) is 15.5 Å². The van der Waals surface area contributed by atoms with Crippen LogP contribution >= 0.6 is 11.8 Å². The highest BCUT2D eigenvalue weighted by Gasteiger charge is 2.23. The number of carbonyl (C=O) groups is 2. The zero-order valence-electron chi connectivity index (χ0n) is 17.0. The summed E-state index contributed by atoms with van der Waals surface area (Å²) in [7, 11) is 3.11. The lowest BCUT2D eigenvalue weighted by Crippen LogP contribution is -2.25. The number of ketones is 1. The summed E-state index contributed by atoms with van der Waals surface area (Å²) in [6.07, 6.45) is 0. The highest BCUT2D eigenvalue weighted by atomic mass is 32.2. The number of carbonyl (C=O) groups excluding carboxylic acids is 2. The lowest BCUT2D eigenvalue weighted by Gasteiger charge is -2.18. The van der Waals surface area contributed by atoms with Crippen LogP contribution in [0.2, 0.25) is 0 Å². The standard InChI is InChI=1S/C21H19N3O6S/c1-11(19(26)12-4-5-17-16(8-12)22-18(25)10-29-17)31-21-24-23-20(30-21)13-6-14(27-2)9-15(7-13)28-3/h4-9,11H,10H2,1-3H3,(H,22,25). The minimum Gasteiger partial charge on any atom is -0.497 e. The van der Waals surface area contributed by atoms with Crippen LogP contribution in [-0.4, -0.2) is 48.0 Å². The van der Waals surface area contributed by atoms with E-state index < -0.39 is 5.25 Å². The first-order valence-corrected chi connectivity index (χ1v) is 10.2. The Morgan fingerprint density at radius 1 is 1.13 bits per heavy atom. The summed E-state index contributed by atoms with van der Waals surface area (Å²) in [6.45, 7) is 1.71. The predicted octanol–water partition coefficient (Wildman–Crippen LogP) is 3.45. The molecule has 4 rings (SSSR count). The summed E-state index contributed by atoms with van der Waals surface area (Å²) in [6, 6.07) is 10.2. The molecular weight excluding hydrogens is 422 g/mol. The van der Waals surface area contributed by atoms with Gasteiger partial charge in [-0.2, -0.15) is 0 Å². The number of fused-ring (bicyclic) bond motifs is 1. The van der Waals surface area contributed by atoms with Crippen molar-refractivity contribution in [3.63, 3.8) is 0 Å². The van der Waals surface area contributed by atoms with Crippen LogP contribution in [-0.2, 0) is 4.79 Å². The van der Waals surface area contributed by atoms with Crippen molar-refractivity contribution in [2.24, 2.45) is 0 Å². The molecule has 0 bridgehead atoms. The number of hydrogen-bond donors (Lipinski definition) is 1. The van der Waals surface area contributed by atoms with Gasteiger partial charge in [-0.05, 0) is 37.3 Å². The first-order valence-electron chi connectivity index (χ1n) is 9.31. The van der Waals surface area contributed by atoms with E-state index in [0.29, 0.717) is 34.1 Å². The predicted molar refractivity (Wildman–Crippen MR) is 113 cm³/mol. The zero-order chi connectivity index (χ0) is 22.0. The van der Waals surface area contributed by atoms with Gasteiger partial charge < -0.3 is 23.9 Å². The maximum absolute atomic E-state index is 12.9. The topological polar surface area (TPSA) is 113 Å². The van der Waals surface area contributed by atoms with Crippen molar-refractivity contribution in [2.75, 3.05) is 26.1 Å². The second-order valence-corrected chi connectivity index (χ2v) is 7.94. The number of thioether (sulfide) groups is 1. The number of nitrogens with zero attached hydrogens (tertiary/aromatic N) is 2. The highest BCUT2D eigenvalue weighted by molar-refractivity contribution is 8.00. The maximum atomic E-state index is 12.9. The minimum absolute atomic E-state index is 0.0365. The number of amides is 1. The zero-order valence-corrected chi connectivity index (χ0v) is 17.8. The molecule has 1 aromatic heterocycles. The minimum atomic E-state index is -0.494. The number of Topliss-reactive ketones (excluding diaryl/α,β-unsaturated/α-hetero) is 1. The van der Waals surface area contributed by atoms with Crippen molar-refractivity contribution in [1.29, 1.82) is 0 Å². The molecule has 0 spiro atoms. The van der Waals surface area contributed by atoms with Crippen molar-refractivity contribution in [3.05, 3.63) is 42.0 Å². The third-order valence-corrected chi connectivity index (χ3v) is 5.48. The molecule has 1 amide bonds. The van der Waals surface area contributed by atoms with Crippen molar-refractivity contribution in [1.82, 2.24) is 10.2 Å². The Morgan fingerprint density at radius 2 is 1.87 bits per heavy atom. The Balaban J connectivity index is 1.49. The van der Waals surface area contributed by atoms with E-state index in [1.165, 1.54) is 0 Å². The van der Waals surface area contributed by atoms with Gasteiger partial charge in [-0.25, -0.2) is 0 Å². The van der Waals surface area contributed by atoms with Gasteiger partial charge >= 0.3 is 0 Å². The molecule has 0 aliphatic carbocycles. The first-order chi connectivity index (χ1) is 15.0. The fourth-order valence-corrected chi connectivity index (χ4v) is 3.74. The molecule has 31 heavy (non-hydrogen) atoms. The maximum Gasteiger partial charge on any atom is 0.277 e.